The van der Waals surface area contributed by atoms with E-state index in [1.807, 2.05) is 6.07 Å². The summed E-state index contributed by atoms with van der Waals surface area (Å²) < 4.78 is 13.5. The molecule has 0 N–H and O–H groups in total. The lowest BCUT2D eigenvalue weighted by molar-refractivity contribution is -0.116. The summed E-state index contributed by atoms with van der Waals surface area (Å²) in [6.45, 7) is 1.49. The van der Waals surface area contributed by atoms with Gasteiger partial charge in [0.25, 0.3) is 0 Å². The largest absolute Gasteiger partial charge is 0.300 e. The van der Waals surface area contributed by atoms with Crippen LogP contribution in [0, 0.1) is 5.82 Å². The molecule has 1 aliphatic carbocycles. The van der Waals surface area contributed by atoms with Gasteiger partial charge in [-0.25, -0.2) is 4.39 Å². The average Bonchev–Trinajstić information content (AvgIpc) is 2.51. The number of Topliss-reactive ketones (excluding diaryl/α,β-unsaturated/α-hetero) is 1. The molecule has 0 fully saturated rings. The Balaban J connectivity index is 2.37. The topological polar surface area (TPSA) is 17.1 Å². The molecule has 1 nitrogen and oxygen atoms in total. The van der Waals surface area contributed by atoms with Crippen LogP contribution in [0.15, 0.2) is 12.1 Å². The molecule has 2 heteroatoms. The van der Waals surface area contributed by atoms with Crippen LogP contribution in [0.25, 0.3) is 0 Å². The summed E-state index contributed by atoms with van der Waals surface area (Å²) in [7, 11) is 0. The number of fused-ring (bicyclic) bond motifs is 1. The second-order valence-corrected chi connectivity index (χ2v) is 3.94. The third-order valence-electron chi connectivity index (χ3n) is 2.70. The zero-order valence-electron chi connectivity index (χ0n) is 8.27. The van der Waals surface area contributed by atoms with Crippen LogP contribution in [0.3, 0.4) is 0 Å². The predicted octanol–water partition coefficient (Wildman–Crippen LogP) is 2.45. The van der Waals surface area contributed by atoms with Crippen LogP contribution in [0.1, 0.15) is 30.0 Å². The number of hydrogen-bond acceptors (Lipinski definition) is 1. The van der Waals surface area contributed by atoms with Crippen molar-refractivity contribution in [1.29, 1.82) is 0 Å². The highest BCUT2D eigenvalue weighted by Gasteiger charge is 2.15. The highest BCUT2D eigenvalue weighted by atomic mass is 19.1. The second-order valence-electron chi connectivity index (χ2n) is 3.94. The van der Waals surface area contributed by atoms with Crippen molar-refractivity contribution in [1.82, 2.24) is 0 Å². The molecular formula is C12H13FO. The van der Waals surface area contributed by atoms with Gasteiger partial charge < -0.3 is 0 Å². The maximum absolute atomic E-state index is 13.5. The standard InChI is InChI=1S/C12H13FO/c1-8(14)5-11-6-9-3-2-4-10(9)7-12(11)13/h6-7H,2-5H2,1H3. The monoisotopic (exact) mass is 192 g/mol. The molecule has 0 amide bonds. The van der Waals surface area contributed by atoms with Crippen molar-refractivity contribution in [3.05, 3.63) is 34.6 Å². The zero-order valence-corrected chi connectivity index (χ0v) is 8.27. The first-order valence-electron chi connectivity index (χ1n) is 4.96. The molecule has 74 valence electrons. The average molecular weight is 192 g/mol. The van der Waals surface area contributed by atoms with Crippen molar-refractivity contribution in [2.75, 3.05) is 0 Å². The first kappa shape index (κ1) is 9.38. The van der Waals surface area contributed by atoms with Crippen molar-refractivity contribution in [3.8, 4) is 0 Å². The van der Waals surface area contributed by atoms with E-state index in [2.05, 4.69) is 0 Å². The molecule has 1 aliphatic rings. The van der Waals surface area contributed by atoms with Crippen LogP contribution in [0.5, 0.6) is 0 Å². The fraction of sp³-hybridized carbons (Fsp3) is 0.417. The van der Waals surface area contributed by atoms with E-state index in [9.17, 15) is 9.18 Å². The van der Waals surface area contributed by atoms with E-state index in [1.54, 1.807) is 6.07 Å². The van der Waals surface area contributed by atoms with Gasteiger partial charge in [-0.2, -0.15) is 0 Å². The van der Waals surface area contributed by atoms with Crippen LogP contribution in [0.4, 0.5) is 4.39 Å². The molecule has 0 saturated carbocycles. The number of hydrogen-bond donors (Lipinski definition) is 0. The molecule has 0 spiro atoms. The number of halogens is 1. The van der Waals surface area contributed by atoms with Crippen molar-refractivity contribution >= 4 is 5.78 Å². The minimum Gasteiger partial charge on any atom is -0.300 e. The van der Waals surface area contributed by atoms with E-state index in [-0.39, 0.29) is 18.0 Å². The summed E-state index contributed by atoms with van der Waals surface area (Å²) in [5.41, 5.74) is 2.90. The Labute approximate surface area is 82.9 Å². The minimum absolute atomic E-state index is 0.0156. The van der Waals surface area contributed by atoms with Crippen molar-refractivity contribution in [2.24, 2.45) is 0 Å². The molecule has 0 aromatic heterocycles. The maximum atomic E-state index is 13.5. The fourth-order valence-electron chi connectivity index (χ4n) is 2.05. The highest BCUT2D eigenvalue weighted by Crippen LogP contribution is 2.25. The van der Waals surface area contributed by atoms with Gasteiger partial charge in [0.15, 0.2) is 0 Å². The van der Waals surface area contributed by atoms with Gasteiger partial charge in [0.05, 0.1) is 0 Å². The van der Waals surface area contributed by atoms with Gasteiger partial charge in [0.2, 0.25) is 0 Å². The molecule has 0 heterocycles. The van der Waals surface area contributed by atoms with Crippen LogP contribution in [0.2, 0.25) is 0 Å². The molecular weight excluding hydrogens is 179 g/mol. The molecule has 0 saturated heterocycles. The summed E-state index contributed by atoms with van der Waals surface area (Å²) in [5, 5.41) is 0. The van der Waals surface area contributed by atoms with Crippen molar-refractivity contribution in [3.63, 3.8) is 0 Å². The van der Waals surface area contributed by atoms with Gasteiger partial charge in [-0.15, -0.1) is 0 Å². The number of aryl methyl sites for hydroxylation is 2. The van der Waals surface area contributed by atoms with Crippen LogP contribution in [-0.2, 0) is 24.1 Å². The smallest absolute Gasteiger partial charge is 0.134 e. The van der Waals surface area contributed by atoms with Crippen molar-refractivity contribution in [2.45, 2.75) is 32.6 Å². The summed E-state index contributed by atoms with van der Waals surface area (Å²) in [6.07, 6.45) is 3.34. The van der Waals surface area contributed by atoms with Crippen LogP contribution >= 0.6 is 0 Å². The molecule has 1 aromatic rings. The lowest BCUT2D eigenvalue weighted by atomic mass is 10.0. The van der Waals surface area contributed by atoms with Gasteiger partial charge in [-0.05, 0) is 48.9 Å². The first-order valence-corrected chi connectivity index (χ1v) is 4.96. The van der Waals surface area contributed by atoms with E-state index in [1.165, 1.54) is 12.5 Å². The Hall–Kier alpha value is -1.18. The quantitative estimate of drug-likeness (QED) is 0.703. The molecule has 2 rings (SSSR count). The normalized spacial score (nSPS) is 14.1. The Bertz CT molecular complexity index is 382. The summed E-state index contributed by atoms with van der Waals surface area (Å²) in [4.78, 5) is 10.9. The lowest BCUT2D eigenvalue weighted by Gasteiger charge is -2.04. The second kappa shape index (κ2) is 3.52. The van der Waals surface area contributed by atoms with E-state index >= 15 is 0 Å². The first-order chi connectivity index (χ1) is 6.66. The van der Waals surface area contributed by atoms with Crippen molar-refractivity contribution < 1.29 is 9.18 Å². The van der Waals surface area contributed by atoms with Gasteiger partial charge in [0.1, 0.15) is 11.6 Å². The molecule has 0 bridgehead atoms. The summed E-state index contributed by atoms with van der Waals surface area (Å²) in [5.74, 6) is -0.206. The Morgan fingerprint density at radius 3 is 2.64 bits per heavy atom. The Morgan fingerprint density at radius 1 is 1.36 bits per heavy atom. The highest BCUT2D eigenvalue weighted by molar-refractivity contribution is 5.78. The van der Waals surface area contributed by atoms with E-state index in [4.69, 9.17) is 0 Å². The summed E-state index contributed by atoms with van der Waals surface area (Å²) >= 11 is 0. The SMILES string of the molecule is CC(=O)Cc1cc2c(cc1F)CCC2. The van der Waals surface area contributed by atoms with Crippen LogP contribution < -0.4 is 0 Å². The molecule has 1 aromatic carbocycles. The van der Waals surface area contributed by atoms with Gasteiger partial charge >= 0.3 is 0 Å². The minimum atomic E-state index is -0.221. The van der Waals surface area contributed by atoms with E-state index in [0.717, 1.165) is 24.8 Å². The number of carbonyl (C=O) groups is 1. The third-order valence-corrected chi connectivity index (χ3v) is 2.70. The fourth-order valence-corrected chi connectivity index (χ4v) is 2.05. The number of ketones is 1. The molecule has 14 heavy (non-hydrogen) atoms. The maximum Gasteiger partial charge on any atom is 0.134 e. The number of carbonyl (C=O) groups excluding carboxylic acids is 1. The number of rotatable bonds is 2. The lowest BCUT2D eigenvalue weighted by Crippen LogP contribution is -2.01. The molecule has 0 unspecified atom stereocenters. The van der Waals surface area contributed by atoms with Gasteiger partial charge in [0, 0.05) is 6.42 Å². The Kier molecular flexibility index (Phi) is 2.36. The molecule has 0 aliphatic heterocycles. The van der Waals surface area contributed by atoms with Gasteiger partial charge in [-0.1, -0.05) is 6.07 Å². The third kappa shape index (κ3) is 1.69. The van der Waals surface area contributed by atoms with E-state index in [0.29, 0.717) is 5.56 Å². The van der Waals surface area contributed by atoms with Crippen LogP contribution in [-0.4, -0.2) is 5.78 Å². The Morgan fingerprint density at radius 2 is 2.00 bits per heavy atom. The predicted molar refractivity (Wildman–Crippen MR) is 52.8 cm³/mol. The molecule has 0 atom stereocenters. The van der Waals surface area contributed by atoms with Gasteiger partial charge in [-0.3, -0.25) is 4.79 Å². The number of benzene rings is 1. The van der Waals surface area contributed by atoms with E-state index < -0.39 is 0 Å². The summed E-state index contributed by atoms with van der Waals surface area (Å²) in [6, 6.07) is 3.46. The molecule has 0 radical (unpaired) electrons. The zero-order chi connectivity index (χ0) is 10.1.